The van der Waals surface area contributed by atoms with Crippen LogP contribution < -0.4 is 0 Å². The van der Waals surface area contributed by atoms with Crippen LogP contribution in [0.3, 0.4) is 0 Å². The maximum Gasteiger partial charge on any atom is 0.123 e. The maximum absolute atomic E-state index is 12.9. The Morgan fingerprint density at radius 3 is 2.00 bits per heavy atom. The number of benzene rings is 2. The Morgan fingerprint density at radius 1 is 0.810 bits per heavy atom. The van der Waals surface area contributed by atoms with Crippen LogP contribution in [0.4, 0.5) is 4.39 Å². The van der Waals surface area contributed by atoms with E-state index in [1.165, 1.54) is 56.6 Å². The van der Waals surface area contributed by atoms with Gasteiger partial charge in [-0.3, -0.25) is 0 Å². The second-order valence-electron chi connectivity index (χ2n) is 5.86. The summed E-state index contributed by atoms with van der Waals surface area (Å²) in [5, 5.41) is 0. The van der Waals surface area contributed by atoms with Crippen LogP contribution in [0.5, 0.6) is 0 Å². The topological polar surface area (TPSA) is 3.24 Å². The molecule has 21 heavy (non-hydrogen) atoms. The molecular formula is C19H22FN. The lowest BCUT2D eigenvalue weighted by molar-refractivity contribution is 0.334. The average Bonchev–Trinajstić information content (AvgIpc) is 3.02. The summed E-state index contributed by atoms with van der Waals surface area (Å²) in [6, 6.07) is 15.4. The van der Waals surface area contributed by atoms with Gasteiger partial charge in [0.2, 0.25) is 0 Å². The van der Waals surface area contributed by atoms with Gasteiger partial charge in [-0.2, -0.15) is 0 Å². The van der Waals surface area contributed by atoms with Crippen LogP contribution in [0.2, 0.25) is 0 Å². The lowest BCUT2D eigenvalue weighted by Gasteiger charge is -2.14. The van der Waals surface area contributed by atoms with E-state index in [1.807, 2.05) is 12.1 Å². The van der Waals surface area contributed by atoms with E-state index < -0.39 is 0 Å². The molecule has 0 aromatic heterocycles. The number of rotatable bonds is 5. The van der Waals surface area contributed by atoms with E-state index in [9.17, 15) is 4.39 Å². The van der Waals surface area contributed by atoms with Crippen molar-refractivity contribution in [1.29, 1.82) is 0 Å². The van der Waals surface area contributed by atoms with Crippen LogP contribution in [0.15, 0.2) is 48.5 Å². The molecule has 0 unspecified atom stereocenters. The summed E-state index contributed by atoms with van der Waals surface area (Å²) in [6.45, 7) is 3.78. The Kier molecular flexibility index (Phi) is 4.66. The Labute approximate surface area is 126 Å². The first-order chi connectivity index (χ1) is 10.3. The van der Waals surface area contributed by atoms with E-state index >= 15 is 0 Å². The van der Waals surface area contributed by atoms with Crippen LogP contribution in [0, 0.1) is 5.82 Å². The molecule has 0 N–H and O–H groups in total. The van der Waals surface area contributed by atoms with Gasteiger partial charge in [0.1, 0.15) is 5.82 Å². The third kappa shape index (κ3) is 3.92. The molecule has 0 aliphatic carbocycles. The molecule has 3 rings (SSSR count). The minimum Gasteiger partial charge on any atom is -0.303 e. The summed E-state index contributed by atoms with van der Waals surface area (Å²) >= 11 is 0. The van der Waals surface area contributed by atoms with Crippen molar-refractivity contribution in [1.82, 2.24) is 4.90 Å². The van der Waals surface area contributed by atoms with Crippen LogP contribution in [-0.4, -0.2) is 24.5 Å². The van der Waals surface area contributed by atoms with Gasteiger partial charge in [0.05, 0.1) is 0 Å². The van der Waals surface area contributed by atoms with Gasteiger partial charge < -0.3 is 4.90 Å². The van der Waals surface area contributed by atoms with Gasteiger partial charge in [0, 0.05) is 0 Å². The number of aryl methyl sites for hydroxylation is 1. The Hall–Kier alpha value is -1.67. The zero-order valence-electron chi connectivity index (χ0n) is 12.4. The number of likely N-dealkylation sites (tertiary alicyclic amines) is 1. The molecule has 1 nitrogen and oxygen atoms in total. The molecule has 1 aliphatic rings. The van der Waals surface area contributed by atoms with Crippen molar-refractivity contribution in [2.24, 2.45) is 0 Å². The molecule has 2 heteroatoms. The van der Waals surface area contributed by atoms with Crippen molar-refractivity contribution in [2.75, 3.05) is 19.6 Å². The van der Waals surface area contributed by atoms with Gasteiger partial charge in [-0.1, -0.05) is 36.4 Å². The van der Waals surface area contributed by atoms with E-state index in [0.29, 0.717) is 0 Å². The summed E-state index contributed by atoms with van der Waals surface area (Å²) in [5.74, 6) is -0.183. The summed E-state index contributed by atoms with van der Waals surface area (Å²) in [5.41, 5.74) is 3.61. The molecule has 0 bridgehead atoms. The van der Waals surface area contributed by atoms with E-state index in [0.717, 1.165) is 17.5 Å². The molecule has 0 radical (unpaired) electrons. The smallest absolute Gasteiger partial charge is 0.123 e. The van der Waals surface area contributed by atoms with Gasteiger partial charge in [-0.05, 0) is 74.1 Å². The number of halogens is 1. The summed E-state index contributed by atoms with van der Waals surface area (Å²) < 4.78 is 12.9. The van der Waals surface area contributed by atoms with Gasteiger partial charge >= 0.3 is 0 Å². The molecule has 1 fully saturated rings. The van der Waals surface area contributed by atoms with Crippen molar-refractivity contribution in [3.8, 4) is 11.1 Å². The fourth-order valence-corrected chi connectivity index (χ4v) is 3.02. The van der Waals surface area contributed by atoms with Crippen LogP contribution in [0.1, 0.15) is 24.8 Å². The van der Waals surface area contributed by atoms with Gasteiger partial charge in [-0.25, -0.2) is 4.39 Å². The Bertz CT molecular complexity index is 553. The maximum atomic E-state index is 12.9. The Balaban J connectivity index is 1.55. The second kappa shape index (κ2) is 6.86. The highest BCUT2D eigenvalue weighted by Gasteiger charge is 2.10. The molecule has 1 saturated heterocycles. The Morgan fingerprint density at radius 2 is 1.38 bits per heavy atom. The minimum atomic E-state index is -0.183. The summed E-state index contributed by atoms with van der Waals surface area (Å²) in [7, 11) is 0. The molecule has 0 atom stereocenters. The zero-order chi connectivity index (χ0) is 14.5. The molecular weight excluding hydrogens is 261 g/mol. The predicted octanol–water partition coefficient (Wildman–Crippen LogP) is 4.52. The standard InChI is InChI=1S/C19H22FN/c20-19-11-9-18(10-12-19)17-7-5-16(6-8-17)4-3-15-21-13-1-2-14-21/h5-12H,1-4,13-15H2. The first-order valence-corrected chi connectivity index (χ1v) is 7.88. The lowest BCUT2D eigenvalue weighted by Crippen LogP contribution is -2.20. The fraction of sp³-hybridized carbons (Fsp3) is 0.368. The first kappa shape index (κ1) is 14.3. The van der Waals surface area contributed by atoms with E-state index in [4.69, 9.17) is 0 Å². The van der Waals surface area contributed by atoms with Crippen LogP contribution in [0.25, 0.3) is 11.1 Å². The fourth-order valence-electron chi connectivity index (χ4n) is 3.02. The van der Waals surface area contributed by atoms with E-state index in [-0.39, 0.29) is 5.82 Å². The molecule has 1 heterocycles. The molecule has 2 aromatic carbocycles. The van der Waals surface area contributed by atoms with Crippen molar-refractivity contribution >= 4 is 0 Å². The number of nitrogens with zero attached hydrogens (tertiary/aromatic N) is 1. The van der Waals surface area contributed by atoms with Crippen molar-refractivity contribution < 1.29 is 4.39 Å². The largest absolute Gasteiger partial charge is 0.303 e. The summed E-state index contributed by atoms with van der Waals surface area (Å²) in [4.78, 5) is 2.56. The molecule has 110 valence electrons. The molecule has 1 aliphatic heterocycles. The predicted molar refractivity (Wildman–Crippen MR) is 85.8 cm³/mol. The molecule has 0 amide bonds. The van der Waals surface area contributed by atoms with Crippen molar-refractivity contribution in [2.45, 2.75) is 25.7 Å². The SMILES string of the molecule is Fc1ccc(-c2ccc(CCCN3CCCC3)cc2)cc1. The van der Waals surface area contributed by atoms with Crippen molar-refractivity contribution in [3.05, 3.63) is 59.9 Å². The summed E-state index contributed by atoms with van der Waals surface area (Å²) in [6.07, 6.45) is 5.11. The second-order valence-corrected chi connectivity index (χ2v) is 5.86. The van der Waals surface area contributed by atoms with Crippen LogP contribution in [-0.2, 0) is 6.42 Å². The first-order valence-electron chi connectivity index (χ1n) is 7.88. The van der Waals surface area contributed by atoms with Gasteiger partial charge in [0.25, 0.3) is 0 Å². The highest BCUT2D eigenvalue weighted by molar-refractivity contribution is 5.63. The quantitative estimate of drug-likeness (QED) is 0.779. The monoisotopic (exact) mass is 283 g/mol. The normalized spacial score (nSPS) is 15.5. The molecule has 0 saturated carbocycles. The highest BCUT2D eigenvalue weighted by atomic mass is 19.1. The third-order valence-electron chi connectivity index (χ3n) is 4.27. The minimum absolute atomic E-state index is 0.183. The van der Waals surface area contributed by atoms with Crippen LogP contribution >= 0.6 is 0 Å². The molecule has 2 aromatic rings. The number of hydrogen-bond donors (Lipinski definition) is 0. The third-order valence-corrected chi connectivity index (χ3v) is 4.27. The average molecular weight is 283 g/mol. The zero-order valence-corrected chi connectivity index (χ0v) is 12.4. The van der Waals surface area contributed by atoms with Gasteiger partial charge in [0.15, 0.2) is 0 Å². The van der Waals surface area contributed by atoms with E-state index in [1.54, 1.807) is 0 Å². The lowest BCUT2D eigenvalue weighted by atomic mass is 10.0. The molecule has 0 spiro atoms. The van der Waals surface area contributed by atoms with E-state index in [2.05, 4.69) is 29.2 Å². The number of hydrogen-bond acceptors (Lipinski definition) is 1. The van der Waals surface area contributed by atoms with Gasteiger partial charge in [-0.15, -0.1) is 0 Å². The highest BCUT2D eigenvalue weighted by Crippen LogP contribution is 2.20. The van der Waals surface area contributed by atoms with Crippen molar-refractivity contribution in [3.63, 3.8) is 0 Å².